The van der Waals surface area contributed by atoms with Gasteiger partial charge in [0.15, 0.2) is 0 Å². The Hall–Kier alpha value is -2.31. The Morgan fingerprint density at radius 2 is 1.79 bits per heavy atom. The van der Waals surface area contributed by atoms with E-state index in [-0.39, 0.29) is 17.4 Å². The van der Waals surface area contributed by atoms with Crippen molar-refractivity contribution in [3.63, 3.8) is 0 Å². The Labute approximate surface area is 203 Å². The monoisotopic (exact) mass is 474 g/mol. The number of carbonyl (C=O) groups excluding carboxylic acids is 1. The lowest BCUT2D eigenvalue weighted by atomic mass is 9.82. The molecule has 0 saturated heterocycles. The molecule has 0 fully saturated rings. The van der Waals surface area contributed by atoms with Crippen LogP contribution in [0.25, 0.3) is 0 Å². The topological polar surface area (TPSA) is 75.3 Å². The maximum atomic E-state index is 13.3. The normalized spacial score (nSPS) is 16.3. The smallest absolute Gasteiger partial charge is 0.214 e. The molecule has 4 nitrogen and oxygen atoms in total. The van der Waals surface area contributed by atoms with Crippen molar-refractivity contribution in [1.82, 2.24) is 5.32 Å². The zero-order chi connectivity index (χ0) is 25.3. The molecule has 0 heterocycles. The molecule has 0 aliphatic heterocycles. The van der Waals surface area contributed by atoms with Crippen LogP contribution in [0.5, 0.6) is 0 Å². The summed E-state index contributed by atoms with van der Waals surface area (Å²) in [7, 11) is 0. The second-order valence-corrected chi connectivity index (χ2v) is 10.6. The number of hydrogen-bond acceptors (Lipinski definition) is 3. The number of hydrogen-bond donors (Lipinski definition) is 3. The fourth-order valence-electron chi connectivity index (χ4n) is 4.46. The van der Waals surface area contributed by atoms with Crippen LogP contribution in [0.3, 0.4) is 0 Å². The molecular formula is C28H40F2N2O2. The average molecular weight is 475 g/mol. The summed E-state index contributed by atoms with van der Waals surface area (Å²) >= 11 is 0. The molecule has 2 atom stereocenters. The quantitative estimate of drug-likeness (QED) is 0.480. The summed E-state index contributed by atoms with van der Waals surface area (Å²) in [5.41, 5.74) is 9.54. The third-order valence-corrected chi connectivity index (χ3v) is 5.78. The number of aliphatic hydroxyl groups is 1. The van der Waals surface area contributed by atoms with Crippen molar-refractivity contribution in [3.8, 4) is 0 Å². The van der Waals surface area contributed by atoms with Gasteiger partial charge in [-0.1, -0.05) is 39.0 Å². The first kappa shape index (κ1) is 27.9. The number of halogens is 2. The summed E-state index contributed by atoms with van der Waals surface area (Å²) in [4.78, 5) is 9.22. The summed E-state index contributed by atoms with van der Waals surface area (Å²) in [5, 5.41) is 14.0. The lowest BCUT2D eigenvalue weighted by Gasteiger charge is -2.29. The highest BCUT2D eigenvalue weighted by atomic mass is 19.1. The number of carbonyl (C=O) groups is 1. The number of fused-ring (bicyclic) bond motifs is 1. The van der Waals surface area contributed by atoms with Crippen molar-refractivity contribution in [2.75, 3.05) is 6.54 Å². The molecule has 1 aliphatic carbocycles. The van der Waals surface area contributed by atoms with Gasteiger partial charge in [0.1, 0.15) is 11.6 Å². The highest BCUT2D eigenvalue weighted by Gasteiger charge is 2.22. The van der Waals surface area contributed by atoms with E-state index in [2.05, 4.69) is 50.0 Å². The molecule has 4 N–H and O–H groups in total. The lowest BCUT2D eigenvalue weighted by Crippen LogP contribution is -2.32. The minimum Gasteiger partial charge on any atom is -0.392 e. The summed E-state index contributed by atoms with van der Waals surface area (Å²) in [6.45, 7) is 8.62. The zero-order valence-electron chi connectivity index (χ0n) is 21.0. The van der Waals surface area contributed by atoms with Crippen LogP contribution < -0.4 is 11.1 Å². The van der Waals surface area contributed by atoms with Crippen molar-refractivity contribution in [3.05, 3.63) is 70.3 Å². The summed E-state index contributed by atoms with van der Waals surface area (Å²) < 4.78 is 26.6. The number of rotatable bonds is 8. The van der Waals surface area contributed by atoms with Crippen molar-refractivity contribution in [2.24, 2.45) is 11.1 Å². The second kappa shape index (κ2) is 13.0. The van der Waals surface area contributed by atoms with Crippen LogP contribution >= 0.6 is 0 Å². The van der Waals surface area contributed by atoms with Crippen LogP contribution in [0, 0.1) is 17.0 Å². The first-order valence-corrected chi connectivity index (χ1v) is 12.2. The van der Waals surface area contributed by atoms with Gasteiger partial charge in [-0.05, 0) is 84.7 Å². The number of nitrogens with one attached hydrogen (secondary N) is 1. The zero-order valence-corrected chi connectivity index (χ0v) is 21.0. The predicted octanol–water partition coefficient (Wildman–Crippen LogP) is 5.40. The van der Waals surface area contributed by atoms with E-state index in [9.17, 15) is 18.7 Å². The molecule has 3 rings (SSSR count). The van der Waals surface area contributed by atoms with E-state index in [1.54, 1.807) is 0 Å². The molecular weight excluding hydrogens is 434 g/mol. The molecule has 2 aromatic rings. The average Bonchev–Trinajstić information content (AvgIpc) is 2.70. The molecule has 0 spiro atoms. The van der Waals surface area contributed by atoms with Crippen molar-refractivity contribution in [2.45, 2.75) is 84.8 Å². The van der Waals surface area contributed by atoms with Gasteiger partial charge in [0.25, 0.3) is 0 Å². The molecule has 1 amide bonds. The Kier molecular flexibility index (Phi) is 10.6. The summed E-state index contributed by atoms with van der Waals surface area (Å²) in [6.07, 6.45) is 5.82. The molecule has 6 heteroatoms. The van der Waals surface area contributed by atoms with E-state index >= 15 is 0 Å². The molecule has 0 aromatic heterocycles. The van der Waals surface area contributed by atoms with Crippen LogP contribution in [0.4, 0.5) is 8.78 Å². The standard InChI is InChI=1S/C26H35F2NO.C2H5NO/c1-26(2,3)16-19-10-11-20-7-5-9-25(24(20)14-19)29-17-23(30)8-4-6-18-12-21(27)15-22(28)13-18;1-2(3)4/h10-15,23,25,29-30H,4-9,16-17H2,1-3H3;1H3,(H2,3,4)/t23-,25-;/m0./s1. The summed E-state index contributed by atoms with van der Waals surface area (Å²) in [5.74, 6) is -1.43. The van der Waals surface area contributed by atoms with Gasteiger partial charge in [-0.15, -0.1) is 0 Å². The van der Waals surface area contributed by atoms with Gasteiger partial charge in [-0.3, -0.25) is 4.79 Å². The molecule has 188 valence electrons. The van der Waals surface area contributed by atoms with Crippen molar-refractivity contribution in [1.29, 1.82) is 0 Å². The van der Waals surface area contributed by atoms with Crippen LogP contribution in [-0.2, 0) is 24.1 Å². The molecule has 0 saturated carbocycles. The largest absolute Gasteiger partial charge is 0.392 e. The predicted molar refractivity (Wildman–Crippen MR) is 133 cm³/mol. The van der Waals surface area contributed by atoms with Crippen LogP contribution in [0.15, 0.2) is 36.4 Å². The molecule has 0 unspecified atom stereocenters. The molecule has 1 aliphatic rings. The minimum absolute atomic E-state index is 0.257. The fraction of sp³-hybridized carbons (Fsp3) is 0.536. The fourth-order valence-corrected chi connectivity index (χ4v) is 4.46. The number of aryl methyl sites for hydroxylation is 2. The van der Waals surface area contributed by atoms with Gasteiger partial charge >= 0.3 is 0 Å². The van der Waals surface area contributed by atoms with Crippen LogP contribution in [-0.4, -0.2) is 23.7 Å². The molecule has 0 radical (unpaired) electrons. The van der Waals surface area contributed by atoms with Crippen LogP contribution in [0.1, 0.15) is 81.7 Å². The first-order valence-electron chi connectivity index (χ1n) is 12.2. The van der Waals surface area contributed by atoms with Gasteiger partial charge in [-0.25, -0.2) is 8.78 Å². The lowest BCUT2D eigenvalue weighted by molar-refractivity contribution is -0.115. The first-order chi connectivity index (χ1) is 15.9. The summed E-state index contributed by atoms with van der Waals surface area (Å²) in [6, 6.07) is 10.8. The third-order valence-electron chi connectivity index (χ3n) is 5.78. The Balaban J connectivity index is 0.000000945. The van der Waals surface area contributed by atoms with Gasteiger partial charge in [0, 0.05) is 25.6 Å². The van der Waals surface area contributed by atoms with Crippen molar-refractivity contribution < 1.29 is 18.7 Å². The maximum Gasteiger partial charge on any atom is 0.214 e. The van der Waals surface area contributed by atoms with Gasteiger partial charge < -0.3 is 16.2 Å². The van der Waals surface area contributed by atoms with E-state index in [0.717, 1.165) is 31.7 Å². The van der Waals surface area contributed by atoms with Crippen molar-refractivity contribution >= 4 is 5.91 Å². The van der Waals surface area contributed by atoms with E-state index in [0.29, 0.717) is 31.4 Å². The molecule has 34 heavy (non-hydrogen) atoms. The minimum atomic E-state index is -0.547. The number of aliphatic hydroxyl groups excluding tert-OH is 1. The molecule has 0 bridgehead atoms. The SMILES string of the molecule is CC(C)(C)Cc1ccc2c(c1)[C@@H](NC[C@@H](O)CCCc1cc(F)cc(F)c1)CCC2.CC(N)=O. The Morgan fingerprint density at radius 1 is 1.15 bits per heavy atom. The van der Waals surface area contributed by atoms with E-state index in [4.69, 9.17) is 0 Å². The number of benzene rings is 2. The third kappa shape index (κ3) is 10.3. The van der Waals surface area contributed by atoms with Crippen LogP contribution in [0.2, 0.25) is 0 Å². The molecule has 2 aromatic carbocycles. The Bertz CT molecular complexity index is 916. The number of nitrogens with two attached hydrogens (primary N) is 1. The maximum absolute atomic E-state index is 13.3. The highest BCUT2D eigenvalue weighted by molar-refractivity contribution is 5.70. The second-order valence-electron chi connectivity index (χ2n) is 10.6. The van der Waals surface area contributed by atoms with E-state index < -0.39 is 17.7 Å². The van der Waals surface area contributed by atoms with Gasteiger partial charge in [0.05, 0.1) is 6.10 Å². The number of primary amides is 1. The van der Waals surface area contributed by atoms with Gasteiger partial charge in [0.2, 0.25) is 5.91 Å². The highest BCUT2D eigenvalue weighted by Crippen LogP contribution is 2.32. The number of amides is 1. The van der Waals surface area contributed by atoms with Gasteiger partial charge in [-0.2, -0.15) is 0 Å². The van der Waals surface area contributed by atoms with E-state index in [1.807, 2.05) is 0 Å². The Morgan fingerprint density at radius 3 is 2.41 bits per heavy atom. The van der Waals surface area contributed by atoms with E-state index in [1.165, 1.54) is 35.7 Å².